The van der Waals surface area contributed by atoms with Crippen LogP contribution in [0.15, 0.2) is 29.6 Å². The molecule has 0 radical (unpaired) electrons. The Bertz CT molecular complexity index is 957. The number of rotatable bonds is 11. The van der Waals surface area contributed by atoms with Crippen molar-refractivity contribution in [2.45, 2.75) is 45.6 Å². The maximum atomic E-state index is 12.4. The van der Waals surface area contributed by atoms with Gasteiger partial charge in [-0.25, -0.2) is 4.98 Å². The Morgan fingerprint density at radius 3 is 2.47 bits per heavy atom. The summed E-state index contributed by atoms with van der Waals surface area (Å²) >= 11 is 1.44. The third kappa shape index (κ3) is 8.09. The number of anilines is 1. The maximum absolute atomic E-state index is 12.4. The first-order valence-electron chi connectivity index (χ1n) is 9.43. The molecule has 164 valence electrons. The molecule has 0 saturated heterocycles. The van der Waals surface area contributed by atoms with Crippen LogP contribution in [0.4, 0.5) is 5.69 Å². The number of benzene rings is 1. The quantitative estimate of drug-likeness (QED) is 0.350. The minimum Gasteiger partial charge on any atom is -0.466 e. The molecule has 0 fully saturated rings. The smallest absolute Gasteiger partial charge is 0.357 e. The molecule has 11 heteroatoms. The van der Waals surface area contributed by atoms with E-state index in [1.807, 2.05) is 17.0 Å². The van der Waals surface area contributed by atoms with E-state index in [0.717, 1.165) is 22.7 Å². The highest BCUT2D eigenvalue weighted by molar-refractivity contribution is 7.87. The fourth-order valence-corrected chi connectivity index (χ4v) is 4.04. The Kier molecular flexibility index (Phi) is 8.75. The Labute approximate surface area is 179 Å². The van der Waals surface area contributed by atoms with Crippen molar-refractivity contribution in [1.29, 1.82) is 0 Å². The van der Waals surface area contributed by atoms with Crippen molar-refractivity contribution in [3.05, 3.63) is 45.9 Å². The van der Waals surface area contributed by atoms with Crippen LogP contribution in [0.3, 0.4) is 0 Å². The number of aromatic nitrogens is 1. The molecule has 0 aliphatic carbocycles. The predicted octanol–water partition coefficient (Wildman–Crippen LogP) is 2.66. The highest BCUT2D eigenvalue weighted by atomic mass is 32.2. The summed E-state index contributed by atoms with van der Waals surface area (Å²) in [5, 5.41) is 5.60. The van der Waals surface area contributed by atoms with Crippen molar-refractivity contribution >= 4 is 39.2 Å². The van der Waals surface area contributed by atoms with Crippen LogP contribution in [-0.2, 0) is 37.5 Å². The molecule has 9 nitrogen and oxygen atoms in total. The van der Waals surface area contributed by atoms with Gasteiger partial charge in [-0.1, -0.05) is 19.1 Å². The van der Waals surface area contributed by atoms with Gasteiger partial charge in [0.25, 0.3) is 0 Å². The molecule has 0 spiro atoms. The molecule has 0 unspecified atom stereocenters. The summed E-state index contributed by atoms with van der Waals surface area (Å²) in [4.78, 5) is 28.4. The third-order valence-corrected chi connectivity index (χ3v) is 5.57. The van der Waals surface area contributed by atoms with Crippen LogP contribution in [0.5, 0.6) is 0 Å². The topological polar surface area (TPSA) is 135 Å². The molecule has 2 rings (SSSR count). The molecule has 0 bridgehead atoms. The molecular weight excluding hydrogens is 430 g/mol. The number of carbonyl (C=O) groups is 2. The third-order valence-electron chi connectivity index (χ3n) is 4.07. The van der Waals surface area contributed by atoms with Crippen LogP contribution in [0.2, 0.25) is 0 Å². The SMILES string of the molecule is CCOC(=O)CCC(=O)N[C@@H](Cc1ccc(NS(=O)(=O)O)cc1)c1nc(CC)cs1. The Balaban J connectivity index is 2.10. The number of nitrogens with zero attached hydrogens (tertiary/aromatic N) is 1. The number of hydrogen-bond acceptors (Lipinski definition) is 7. The molecule has 3 N–H and O–H groups in total. The summed E-state index contributed by atoms with van der Waals surface area (Å²) < 4.78 is 37.5. The van der Waals surface area contributed by atoms with E-state index >= 15 is 0 Å². The van der Waals surface area contributed by atoms with Crippen LogP contribution >= 0.6 is 11.3 Å². The van der Waals surface area contributed by atoms with E-state index in [-0.39, 0.29) is 31.0 Å². The van der Waals surface area contributed by atoms with Crippen molar-refractivity contribution in [3.63, 3.8) is 0 Å². The van der Waals surface area contributed by atoms with E-state index in [2.05, 4.69) is 10.3 Å². The van der Waals surface area contributed by atoms with Gasteiger partial charge in [0.2, 0.25) is 5.91 Å². The van der Waals surface area contributed by atoms with Gasteiger partial charge in [-0.3, -0.25) is 18.9 Å². The zero-order valence-corrected chi connectivity index (χ0v) is 18.4. The zero-order valence-electron chi connectivity index (χ0n) is 16.8. The van der Waals surface area contributed by atoms with Gasteiger partial charge in [-0.15, -0.1) is 11.3 Å². The highest BCUT2D eigenvalue weighted by Crippen LogP contribution is 2.24. The lowest BCUT2D eigenvalue weighted by molar-refractivity contribution is -0.144. The maximum Gasteiger partial charge on any atom is 0.357 e. The largest absolute Gasteiger partial charge is 0.466 e. The van der Waals surface area contributed by atoms with E-state index in [1.54, 1.807) is 19.1 Å². The van der Waals surface area contributed by atoms with Crippen molar-refractivity contribution < 1.29 is 27.3 Å². The van der Waals surface area contributed by atoms with E-state index in [4.69, 9.17) is 9.29 Å². The van der Waals surface area contributed by atoms with E-state index < -0.39 is 22.3 Å². The fraction of sp³-hybridized carbons (Fsp3) is 0.421. The molecule has 1 amide bonds. The second-order valence-electron chi connectivity index (χ2n) is 6.43. The summed E-state index contributed by atoms with van der Waals surface area (Å²) in [6.07, 6.45) is 1.21. The Hall–Kier alpha value is -2.50. The number of hydrogen-bond donors (Lipinski definition) is 3. The van der Waals surface area contributed by atoms with Crippen LogP contribution in [0.25, 0.3) is 0 Å². The number of aryl methyl sites for hydroxylation is 1. The lowest BCUT2D eigenvalue weighted by atomic mass is 10.1. The van der Waals surface area contributed by atoms with E-state index in [9.17, 15) is 18.0 Å². The van der Waals surface area contributed by atoms with Gasteiger partial charge in [0.15, 0.2) is 0 Å². The van der Waals surface area contributed by atoms with Gasteiger partial charge in [-0.2, -0.15) is 8.42 Å². The van der Waals surface area contributed by atoms with Crippen LogP contribution in [0, 0.1) is 0 Å². The second kappa shape index (κ2) is 11.0. The Morgan fingerprint density at radius 1 is 1.20 bits per heavy atom. The predicted molar refractivity (Wildman–Crippen MR) is 114 cm³/mol. The van der Waals surface area contributed by atoms with Crippen molar-refractivity contribution in [1.82, 2.24) is 10.3 Å². The first-order chi connectivity index (χ1) is 14.2. The van der Waals surface area contributed by atoms with Gasteiger partial charge in [0.05, 0.1) is 30.5 Å². The number of ether oxygens (including phenoxy) is 1. The molecule has 2 aromatic rings. The van der Waals surface area contributed by atoms with E-state index in [1.165, 1.54) is 23.5 Å². The molecular formula is C19H25N3O6S2. The lowest BCUT2D eigenvalue weighted by Gasteiger charge is -2.17. The van der Waals surface area contributed by atoms with E-state index in [0.29, 0.717) is 6.42 Å². The summed E-state index contributed by atoms with van der Waals surface area (Å²) in [5.74, 6) is -0.709. The minimum atomic E-state index is -4.34. The van der Waals surface area contributed by atoms with Gasteiger partial charge in [-0.05, 0) is 37.5 Å². The van der Waals surface area contributed by atoms with Gasteiger partial charge in [0, 0.05) is 11.8 Å². The number of thiazole rings is 1. The van der Waals surface area contributed by atoms with Crippen molar-refractivity contribution in [3.8, 4) is 0 Å². The van der Waals surface area contributed by atoms with Crippen LogP contribution in [0.1, 0.15) is 49.0 Å². The van der Waals surface area contributed by atoms with Crippen LogP contribution < -0.4 is 10.0 Å². The molecule has 1 heterocycles. The second-order valence-corrected chi connectivity index (χ2v) is 8.48. The van der Waals surface area contributed by atoms with Crippen molar-refractivity contribution in [2.75, 3.05) is 11.3 Å². The molecule has 1 aromatic heterocycles. The van der Waals surface area contributed by atoms with Gasteiger partial charge in [0.1, 0.15) is 5.01 Å². The zero-order chi connectivity index (χ0) is 22.1. The molecule has 0 saturated carbocycles. The standard InChI is InChI=1S/C19H25N3O6S2/c1-3-14-12-29-19(20-14)16(21-17(23)9-10-18(24)28-4-2)11-13-5-7-15(8-6-13)22-30(25,26)27/h5-8,12,16,22H,3-4,9-11H2,1-2H3,(H,21,23)(H,25,26,27)/t16-/m0/s1. The molecule has 0 aliphatic heterocycles. The monoisotopic (exact) mass is 455 g/mol. The molecule has 0 aliphatic rings. The molecule has 30 heavy (non-hydrogen) atoms. The first-order valence-corrected chi connectivity index (χ1v) is 11.8. The minimum absolute atomic E-state index is 0.000469. The summed E-state index contributed by atoms with van der Waals surface area (Å²) in [5.41, 5.74) is 1.98. The highest BCUT2D eigenvalue weighted by Gasteiger charge is 2.20. The average Bonchev–Trinajstić information content (AvgIpc) is 3.16. The first kappa shape index (κ1) is 23.8. The summed E-state index contributed by atoms with van der Waals surface area (Å²) in [6.45, 7) is 3.97. The fourth-order valence-electron chi connectivity index (χ4n) is 2.65. The van der Waals surface area contributed by atoms with Crippen LogP contribution in [-0.4, -0.2) is 36.4 Å². The number of nitrogens with one attached hydrogen (secondary N) is 2. The normalized spacial score (nSPS) is 12.2. The van der Waals surface area contributed by atoms with Gasteiger partial charge < -0.3 is 10.1 Å². The number of esters is 1. The Morgan fingerprint density at radius 2 is 1.90 bits per heavy atom. The number of amides is 1. The average molecular weight is 456 g/mol. The summed E-state index contributed by atoms with van der Waals surface area (Å²) in [7, 11) is -4.34. The van der Waals surface area contributed by atoms with Crippen molar-refractivity contribution in [2.24, 2.45) is 0 Å². The molecule has 1 atom stereocenters. The van der Waals surface area contributed by atoms with Gasteiger partial charge >= 0.3 is 16.3 Å². The summed E-state index contributed by atoms with van der Waals surface area (Å²) in [6, 6.07) is 6.02. The number of carbonyl (C=O) groups excluding carboxylic acids is 2. The molecule has 1 aromatic carbocycles. The lowest BCUT2D eigenvalue weighted by Crippen LogP contribution is -2.30.